The Morgan fingerprint density at radius 3 is 2.83 bits per heavy atom. The van der Waals surface area contributed by atoms with Crippen molar-refractivity contribution in [1.29, 1.82) is 0 Å². The number of hydrogen-bond acceptors (Lipinski definition) is 4. The van der Waals surface area contributed by atoms with Gasteiger partial charge in [-0.3, -0.25) is 4.72 Å². The third-order valence-corrected chi connectivity index (χ3v) is 5.51. The summed E-state index contributed by atoms with van der Waals surface area (Å²) < 4.78 is 39.9. The minimum atomic E-state index is -3.72. The number of hydrogen-bond donors (Lipinski definition) is 1. The average Bonchev–Trinajstić information content (AvgIpc) is 2.86. The Balaban J connectivity index is 1.98. The normalized spacial score (nSPS) is 16.4. The molecule has 0 radical (unpaired) electrons. The Morgan fingerprint density at radius 2 is 2.12 bits per heavy atom. The Hall–Kier alpha value is -1.73. The topological polar surface area (TPSA) is 64.6 Å². The van der Waals surface area contributed by atoms with Gasteiger partial charge in [0.2, 0.25) is 0 Å². The zero-order chi connectivity index (χ0) is 17.3. The van der Waals surface area contributed by atoms with Gasteiger partial charge < -0.3 is 9.47 Å². The monoisotopic (exact) mass is 411 g/mol. The van der Waals surface area contributed by atoms with Crippen molar-refractivity contribution in [3.05, 3.63) is 46.4 Å². The lowest BCUT2D eigenvalue weighted by molar-refractivity contribution is 0.254. The van der Waals surface area contributed by atoms with E-state index >= 15 is 0 Å². The molecule has 0 spiro atoms. The van der Waals surface area contributed by atoms with Gasteiger partial charge in [0.1, 0.15) is 17.6 Å². The number of nitrogens with one attached hydrogen (secondary N) is 1. The molecule has 2 aromatic rings. The van der Waals surface area contributed by atoms with Crippen molar-refractivity contribution in [3.8, 4) is 11.5 Å². The van der Waals surface area contributed by atoms with Crippen molar-refractivity contribution >= 4 is 31.6 Å². The molecule has 1 aliphatic heterocycles. The van der Waals surface area contributed by atoms with Crippen LogP contribution in [0.25, 0.3) is 0 Å². The molecule has 128 valence electrons. The van der Waals surface area contributed by atoms with Crippen LogP contribution in [0.4, 0.5) is 5.69 Å². The Labute approximate surface area is 150 Å². The number of benzene rings is 2. The second-order valence-corrected chi connectivity index (χ2v) is 8.18. The molecule has 0 saturated carbocycles. The number of anilines is 1. The van der Waals surface area contributed by atoms with Crippen LogP contribution in [0.3, 0.4) is 0 Å². The molecule has 1 aliphatic rings. The van der Waals surface area contributed by atoms with Gasteiger partial charge in [0, 0.05) is 22.5 Å². The predicted octanol–water partition coefficient (Wildman–Crippen LogP) is 3.97. The first-order valence-corrected chi connectivity index (χ1v) is 9.91. The third-order valence-electron chi connectivity index (χ3n) is 3.65. The van der Waals surface area contributed by atoms with E-state index in [1.165, 1.54) is 0 Å². The molecule has 3 rings (SSSR count). The fraction of sp³-hybridized carbons (Fsp3) is 0.294. The fourth-order valence-corrected chi connectivity index (χ4v) is 4.29. The molecule has 2 aromatic carbocycles. The van der Waals surface area contributed by atoms with Gasteiger partial charge in [0.25, 0.3) is 10.0 Å². The van der Waals surface area contributed by atoms with E-state index in [9.17, 15) is 8.42 Å². The maximum absolute atomic E-state index is 12.6. The first kappa shape index (κ1) is 17.1. The summed E-state index contributed by atoms with van der Waals surface area (Å²) in [5.74, 6) is 1.20. The Bertz CT molecular complexity index is 867. The number of halogens is 1. The first-order valence-electron chi connectivity index (χ1n) is 7.64. The zero-order valence-electron chi connectivity index (χ0n) is 13.4. The van der Waals surface area contributed by atoms with Gasteiger partial charge in [-0.05, 0) is 38.1 Å². The van der Waals surface area contributed by atoms with Crippen molar-refractivity contribution in [1.82, 2.24) is 0 Å². The molecule has 0 amide bonds. The molecule has 7 heteroatoms. The predicted molar refractivity (Wildman–Crippen MR) is 96.4 cm³/mol. The second-order valence-electron chi connectivity index (χ2n) is 5.58. The van der Waals surface area contributed by atoms with E-state index in [2.05, 4.69) is 20.7 Å². The molecule has 0 unspecified atom stereocenters. The van der Waals surface area contributed by atoms with Crippen LogP contribution in [0, 0.1) is 0 Å². The smallest absolute Gasteiger partial charge is 0.262 e. The van der Waals surface area contributed by atoms with Crippen molar-refractivity contribution in [2.75, 3.05) is 11.3 Å². The highest BCUT2D eigenvalue weighted by molar-refractivity contribution is 9.10. The van der Waals surface area contributed by atoms with Crippen LogP contribution >= 0.6 is 15.9 Å². The average molecular weight is 412 g/mol. The number of rotatable bonds is 5. The van der Waals surface area contributed by atoms with Crippen LogP contribution < -0.4 is 14.2 Å². The van der Waals surface area contributed by atoms with E-state index in [1.54, 1.807) is 30.3 Å². The maximum Gasteiger partial charge on any atom is 0.262 e. The summed E-state index contributed by atoms with van der Waals surface area (Å²) >= 11 is 3.29. The summed E-state index contributed by atoms with van der Waals surface area (Å²) in [6.07, 6.45) is 0.861. The van der Waals surface area contributed by atoms with Crippen LogP contribution in [-0.4, -0.2) is 21.1 Å². The summed E-state index contributed by atoms with van der Waals surface area (Å²) in [7, 11) is -3.72. The van der Waals surface area contributed by atoms with Gasteiger partial charge in [-0.15, -0.1) is 0 Å². The van der Waals surface area contributed by atoms with Crippen LogP contribution in [0.1, 0.15) is 19.4 Å². The SMILES string of the molecule is CCOc1cc2c(cc1NS(=O)(=O)c1cccc(Br)c1)O[C@@H](C)C2. The largest absolute Gasteiger partial charge is 0.492 e. The van der Waals surface area contributed by atoms with E-state index in [0.29, 0.717) is 28.3 Å². The molecular weight excluding hydrogens is 394 g/mol. The van der Waals surface area contributed by atoms with Crippen LogP contribution in [0.2, 0.25) is 0 Å². The lowest BCUT2D eigenvalue weighted by Crippen LogP contribution is -2.14. The molecule has 5 nitrogen and oxygen atoms in total. The van der Waals surface area contributed by atoms with E-state index < -0.39 is 10.0 Å². The maximum atomic E-state index is 12.6. The Morgan fingerprint density at radius 1 is 1.33 bits per heavy atom. The molecule has 0 aromatic heterocycles. The van der Waals surface area contributed by atoms with Crippen LogP contribution in [0.5, 0.6) is 11.5 Å². The first-order chi connectivity index (χ1) is 11.4. The lowest BCUT2D eigenvalue weighted by Gasteiger charge is -2.15. The van der Waals surface area contributed by atoms with Crippen LogP contribution in [-0.2, 0) is 16.4 Å². The molecule has 1 heterocycles. The van der Waals surface area contributed by atoms with E-state index in [1.807, 2.05) is 19.9 Å². The summed E-state index contributed by atoms with van der Waals surface area (Å²) in [5, 5.41) is 0. The summed E-state index contributed by atoms with van der Waals surface area (Å²) in [4.78, 5) is 0.175. The molecular formula is C17H18BrNO4S. The third kappa shape index (κ3) is 3.52. The van der Waals surface area contributed by atoms with Crippen molar-refractivity contribution in [2.45, 2.75) is 31.3 Å². The summed E-state index contributed by atoms with van der Waals surface area (Å²) in [5.41, 5.74) is 1.40. The fourth-order valence-electron chi connectivity index (χ4n) is 2.63. The number of fused-ring (bicyclic) bond motifs is 1. The highest BCUT2D eigenvalue weighted by Gasteiger charge is 2.24. The molecule has 24 heavy (non-hydrogen) atoms. The van der Waals surface area contributed by atoms with Gasteiger partial charge >= 0.3 is 0 Å². The number of ether oxygens (including phenoxy) is 2. The molecule has 1 N–H and O–H groups in total. The van der Waals surface area contributed by atoms with Gasteiger partial charge in [-0.25, -0.2) is 8.42 Å². The van der Waals surface area contributed by atoms with E-state index in [-0.39, 0.29) is 11.0 Å². The minimum absolute atomic E-state index is 0.0754. The van der Waals surface area contributed by atoms with Crippen molar-refractivity contribution < 1.29 is 17.9 Å². The molecule has 0 fully saturated rings. The standard InChI is InChI=1S/C17H18BrNO4S/c1-3-22-17-8-12-7-11(2)23-16(12)10-15(17)19-24(20,21)14-6-4-5-13(18)9-14/h4-6,8-11,19H,3,7H2,1-2H3/t11-/m0/s1. The molecule has 0 saturated heterocycles. The van der Waals surface area contributed by atoms with Gasteiger partial charge in [0.05, 0.1) is 17.2 Å². The lowest BCUT2D eigenvalue weighted by atomic mass is 10.1. The number of sulfonamides is 1. The molecule has 0 bridgehead atoms. The minimum Gasteiger partial charge on any atom is -0.492 e. The van der Waals surface area contributed by atoms with Crippen molar-refractivity contribution in [3.63, 3.8) is 0 Å². The Kier molecular flexibility index (Phi) is 4.73. The summed E-state index contributed by atoms with van der Waals surface area (Å²) in [6, 6.07) is 10.1. The second kappa shape index (κ2) is 6.64. The quantitative estimate of drug-likeness (QED) is 0.807. The highest BCUT2D eigenvalue weighted by atomic mass is 79.9. The zero-order valence-corrected chi connectivity index (χ0v) is 15.8. The molecule has 0 aliphatic carbocycles. The van der Waals surface area contributed by atoms with E-state index in [0.717, 1.165) is 12.0 Å². The van der Waals surface area contributed by atoms with Crippen LogP contribution in [0.15, 0.2) is 45.8 Å². The van der Waals surface area contributed by atoms with Gasteiger partial charge in [0.15, 0.2) is 0 Å². The summed E-state index contributed by atoms with van der Waals surface area (Å²) in [6.45, 7) is 4.28. The van der Waals surface area contributed by atoms with E-state index in [4.69, 9.17) is 9.47 Å². The highest BCUT2D eigenvalue weighted by Crippen LogP contribution is 2.39. The van der Waals surface area contributed by atoms with Gasteiger partial charge in [-0.2, -0.15) is 0 Å². The van der Waals surface area contributed by atoms with Crippen molar-refractivity contribution in [2.24, 2.45) is 0 Å². The van der Waals surface area contributed by atoms with Gasteiger partial charge in [-0.1, -0.05) is 22.0 Å². The molecule has 1 atom stereocenters.